The van der Waals surface area contributed by atoms with E-state index in [0.29, 0.717) is 37.9 Å². The smallest absolute Gasteiger partial charge is 0.306 e. The van der Waals surface area contributed by atoms with Gasteiger partial charge in [-0.2, -0.15) is 0 Å². The molecule has 0 unspecified atom stereocenters. The summed E-state index contributed by atoms with van der Waals surface area (Å²) in [5.41, 5.74) is 9.71. The van der Waals surface area contributed by atoms with Gasteiger partial charge in [0.05, 0.1) is 0 Å². The molecule has 1 rings (SSSR count). The van der Waals surface area contributed by atoms with Gasteiger partial charge in [0.1, 0.15) is 18.4 Å². The number of amides is 2. The third-order valence-corrected chi connectivity index (χ3v) is 6.07. The van der Waals surface area contributed by atoms with Crippen LogP contribution in [0.2, 0.25) is 0 Å². The fourth-order valence-electron chi connectivity index (χ4n) is 3.56. The SMILES string of the molecule is CC(C)[C@H](CC(=O)CCCCN=[N+]=[N-])C(=O)N[C@@H](C)C(=O)Nc1ccc(COC(=O)CCC(C)(C)C)cc1. The van der Waals surface area contributed by atoms with Crippen molar-refractivity contribution in [2.45, 2.75) is 92.7 Å². The summed E-state index contributed by atoms with van der Waals surface area (Å²) in [6.45, 7) is 12.1. The van der Waals surface area contributed by atoms with Crippen LogP contribution in [0.15, 0.2) is 29.4 Å². The summed E-state index contributed by atoms with van der Waals surface area (Å²) in [6, 6.07) is 6.16. The Balaban J connectivity index is 2.53. The number of rotatable bonds is 16. The van der Waals surface area contributed by atoms with Crippen LogP contribution in [0, 0.1) is 17.3 Å². The third kappa shape index (κ3) is 13.8. The van der Waals surface area contributed by atoms with E-state index in [1.165, 1.54) is 0 Å². The number of carbonyl (C=O) groups is 4. The number of azide groups is 1. The maximum absolute atomic E-state index is 12.8. The lowest BCUT2D eigenvalue weighted by Crippen LogP contribution is -2.45. The van der Waals surface area contributed by atoms with Crippen molar-refractivity contribution >= 4 is 29.3 Å². The first-order valence-corrected chi connectivity index (χ1v) is 13.2. The highest BCUT2D eigenvalue weighted by Gasteiger charge is 2.27. The molecule has 38 heavy (non-hydrogen) atoms. The van der Waals surface area contributed by atoms with E-state index in [-0.39, 0.29) is 47.9 Å². The van der Waals surface area contributed by atoms with Gasteiger partial charge in [-0.05, 0) is 60.7 Å². The molecule has 0 aromatic heterocycles. The van der Waals surface area contributed by atoms with Crippen LogP contribution in [0.3, 0.4) is 0 Å². The first-order valence-electron chi connectivity index (χ1n) is 13.2. The van der Waals surface area contributed by atoms with E-state index in [1.54, 1.807) is 31.2 Å². The van der Waals surface area contributed by atoms with Crippen molar-refractivity contribution in [3.05, 3.63) is 40.3 Å². The number of unbranched alkanes of at least 4 members (excludes halogenated alkanes) is 1. The lowest BCUT2D eigenvalue weighted by atomic mass is 9.88. The maximum Gasteiger partial charge on any atom is 0.306 e. The molecular formula is C28H43N5O5. The number of hydrogen-bond acceptors (Lipinski definition) is 6. The molecule has 0 aliphatic rings. The number of nitrogens with zero attached hydrogens (tertiary/aromatic N) is 3. The summed E-state index contributed by atoms with van der Waals surface area (Å²) < 4.78 is 5.32. The number of nitrogens with one attached hydrogen (secondary N) is 2. The highest BCUT2D eigenvalue weighted by Crippen LogP contribution is 2.21. The number of esters is 1. The van der Waals surface area contributed by atoms with Gasteiger partial charge in [-0.25, -0.2) is 0 Å². The Morgan fingerprint density at radius 1 is 1.00 bits per heavy atom. The first-order chi connectivity index (χ1) is 17.8. The Bertz CT molecular complexity index is 978. The van der Waals surface area contributed by atoms with Gasteiger partial charge in [0, 0.05) is 42.3 Å². The van der Waals surface area contributed by atoms with E-state index in [1.807, 2.05) is 13.8 Å². The van der Waals surface area contributed by atoms with Gasteiger partial charge in [0.25, 0.3) is 0 Å². The molecule has 0 saturated heterocycles. The Labute approximate surface area is 225 Å². The molecular weight excluding hydrogens is 486 g/mol. The Morgan fingerprint density at radius 3 is 2.24 bits per heavy atom. The molecule has 0 heterocycles. The standard InChI is InChI=1S/C28H43N5O5/c1-19(2)24(17-23(34)9-7-8-16-30-33-29)27(37)31-20(3)26(36)32-22-12-10-21(11-13-22)18-38-25(35)14-15-28(4,5)6/h10-13,19-20,24H,7-9,14-18H2,1-6H3,(H,31,37)(H,32,36)/t20-,24-/m0/s1. The molecule has 2 N–H and O–H groups in total. The van der Waals surface area contributed by atoms with Crippen LogP contribution in [0.4, 0.5) is 5.69 Å². The van der Waals surface area contributed by atoms with Crippen molar-refractivity contribution < 1.29 is 23.9 Å². The lowest BCUT2D eigenvalue weighted by molar-refractivity contribution is -0.145. The Hall–Kier alpha value is -3.39. The summed E-state index contributed by atoms with van der Waals surface area (Å²) >= 11 is 0. The summed E-state index contributed by atoms with van der Waals surface area (Å²) in [5, 5.41) is 8.93. The van der Waals surface area contributed by atoms with Crippen molar-refractivity contribution in [1.82, 2.24) is 5.32 Å². The van der Waals surface area contributed by atoms with Crippen molar-refractivity contribution in [2.24, 2.45) is 22.4 Å². The van der Waals surface area contributed by atoms with E-state index >= 15 is 0 Å². The van der Waals surface area contributed by atoms with Crippen LogP contribution >= 0.6 is 0 Å². The quantitative estimate of drug-likeness (QED) is 0.0924. The normalized spacial score (nSPS) is 12.7. The molecule has 1 aromatic carbocycles. The minimum Gasteiger partial charge on any atom is -0.461 e. The molecule has 1 aromatic rings. The van der Waals surface area contributed by atoms with Gasteiger partial charge in [-0.3, -0.25) is 19.2 Å². The Morgan fingerprint density at radius 2 is 1.66 bits per heavy atom. The molecule has 0 spiro atoms. The van der Waals surface area contributed by atoms with E-state index in [4.69, 9.17) is 10.3 Å². The van der Waals surface area contributed by atoms with Crippen molar-refractivity contribution in [1.29, 1.82) is 0 Å². The lowest BCUT2D eigenvalue weighted by Gasteiger charge is -2.22. The molecule has 2 atom stereocenters. The van der Waals surface area contributed by atoms with Crippen molar-refractivity contribution in [2.75, 3.05) is 11.9 Å². The molecule has 0 aliphatic carbocycles. The molecule has 10 heteroatoms. The van der Waals surface area contributed by atoms with Crippen LogP contribution in [-0.4, -0.2) is 36.2 Å². The largest absolute Gasteiger partial charge is 0.461 e. The third-order valence-electron chi connectivity index (χ3n) is 6.07. The zero-order chi connectivity index (χ0) is 28.7. The van der Waals surface area contributed by atoms with E-state index < -0.39 is 12.0 Å². The van der Waals surface area contributed by atoms with E-state index in [2.05, 4.69) is 41.4 Å². The van der Waals surface area contributed by atoms with E-state index in [0.717, 1.165) is 12.0 Å². The zero-order valence-corrected chi connectivity index (χ0v) is 23.6. The number of hydrogen-bond donors (Lipinski definition) is 2. The molecule has 10 nitrogen and oxygen atoms in total. The second kappa shape index (κ2) is 16.5. The predicted octanol–water partition coefficient (Wildman–Crippen LogP) is 5.71. The summed E-state index contributed by atoms with van der Waals surface area (Å²) in [6.07, 6.45) is 2.75. The van der Waals surface area contributed by atoms with Crippen molar-refractivity contribution in [3.8, 4) is 0 Å². The number of ether oxygens (including phenoxy) is 1. The maximum atomic E-state index is 12.8. The van der Waals surface area contributed by atoms with Crippen LogP contribution in [0.5, 0.6) is 0 Å². The van der Waals surface area contributed by atoms with E-state index in [9.17, 15) is 19.2 Å². The minimum absolute atomic E-state index is 0.0307. The van der Waals surface area contributed by atoms with Gasteiger partial charge in [-0.15, -0.1) is 0 Å². The van der Waals surface area contributed by atoms with Crippen LogP contribution in [0.25, 0.3) is 10.4 Å². The monoisotopic (exact) mass is 529 g/mol. The molecule has 210 valence electrons. The van der Waals surface area contributed by atoms with Crippen LogP contribution < -0.4 is 10.6 Å². The summed E-state index contributed by atoms with van der Waals surface area (Å²) in [7, 11) is 0. The second-order valence-electron chi connectivity index (χ2n) is 11.1. The van der Waals surface area contributed by atoms with Gasteiger partial charge in [0.2, 0.25) is 11.8 Å². The number of anilines is 1. The van der Waals surface area contributed by atoms with Crippen molar-refractivity contribution in [3.63, 3.8) is 0 Å². The van der Waals surface area contributed by atoms with Gasteiger partial charge in [0.15, 0.2) is 0 Å². The average Bonchev–Trinajstić information content (AvgIpc) is 2.84. The highest BCUT2D eigenvalue weighted by atomic mass is 16.5. The fraction of sp³-hybridized carbons (Fsp3) is 0.643. The van der Waals surface area contributed by atoms with Crippen LogP contribution in [-0.2, 0) is 30.5 Å². The average molecular weight is 530 g/mol. The predicted molar refractivity (Wildman–Crippen MR) is 147 cm³/mol. The highest BCUT2D eigenvalue weighted by molar-refractivity contribution is 5.97. The molecule has 0 bridgehead atoms. The molecule has 0 aliphatic heterocycles. The van der Waals surface area contributed by atoms with Gasteiger partial charge < -0.3 is 15.4 Å². The molecule has 2 amide bonds. The second-order valence-corrected chi connectivity index (χ2v) is 11.1. The minimum atomic E-state index is -0.800. The molecule has 0 fully saturated rings. The van der Waals surface area contributed by atoms with Crippen LogP contribution in [0.1, 0.15) is 85.6 Å². The summed E-state index contributed by atoms with van der Waals surface area (Å²) in [4.78, 5) is 52.4. The first kappa shape index (κ1) is 32.6. The number of benzene rings is 1. The van der Waals surface area contributed by atoms with Gasteiger partial charge in [-0.1, -0.05) is 51.9 Å². The number of ketones is 1. The molecule has 0 saturated carbocycles. The fourth-order valence-corrected chi connectivity index (χ4v) is 3.56. The number of Topliss-reactive ketones (excluding diaryl/α,β-unsaturated/α-hetero) is 1. The zero-order valence-electron chi connectivity index (χ0n) is 23.6. The topological polar surface area (TPSA) is 150 Å². The number of carbonyl (C=O) groups excluding carboxylic acids is 4. The Kier molecular flexibility index (Phi) is 14.1. The summed E-state index contributed by atoms with van der Waals surface area (Å²) in [5.74, 6) is -1.61. The molecule has 0 radical (unpaired) electrons. The van der Waals surface area contributed by atoms with Gasteiger partial charge >= 0.3 is 5.97 Å².